The Kier molecular flexibility index (Phi) is 6.21. The Labute approximate surface area is 126 Å². The van der Waals surface area contributed by atoms with E-state index >= 15 is 0 Å². The van der Waals surface area contributed by atoms with Crippen LogP contribution in [-0.4, -0.2) is 28.3 Å². The molecule has 1 aliphatic rings. The van der Waals surface area contributed by atoms with E-state index in [1.54, 1.807) is 0 Å². The van der Waals surface area contributed by atoms with Crippen molar-refractivity contribution < 1.29 is 15.0 Å². The van der Waals surface area contributed by atoms with Gasteiger partial charge in [0.25, 0.3) is 0 Å². The predicted molar refractivity (Wildman–Crippen MR) is 82.1 cm³/mol. The maximum atomic E-state index is 10.8. The number of hydrogen-bond donors (Lipinski definition) is 3. The molecule has 2 rings (SSSR count). The number of aliphatic carboxylic acids is 1. The average Bonchev–Trinajstić information content (AvgIpc) is 2.52. The van der Waals surface area contributed by atoms with Crippen molar-refractivity contribution in [2.24, 2.45) is 0 Å². The number of hydrogen-bond acceptors (Lipinski definition) is 3. The third-order valence-corrected chi connectivity index (χ3v) is 4.25. The highest BCUT2D eigenvalue weighted by atomic mass is 16.4. The van der Waals surface area contributed by atoms with E-state index in [0.29, 0.717) is 12.5 Å². The topological polar surface area (TPSA) is 69.6 Å². The van der Waals surface area contributed by atoms with Gasteiger partial charge in [0.1, 0.15) is 0 Å². The van der Waals surface area contributed by atoms with Crippen LogP contribution in [0.1, 0.15) is 56.6 Å². The highest BCUT2D eigenvalue weighted by molar-refractivity contribution is 5.66. The molecule has 0 radical (unpaired) electrons. The van der Waals surface area contributed by atoms with E-state index in [4.69, 9.17) is 5.11 Å². The summed E-state index contributed by atoms with van der Waals surface area (Å²) in [5, 5.41) is 23.0. The number of carbonyl (C=O) groups is 1. The van der Waals surface area contributed by atoms with Crippen LogP contribution < -0.4 is 5.32 Å². The van der Waals surface area contributed by atoms with Crippen molar-refractivity contribution in [2.75, 3.05) is 0 Å². The average molecular weight is 291 g/mol. The van der Waals surface area contributed by atoms with Crippen LogP contribution in [0.5, 0.6) is 0 Å². The number of aliphatic hydroxyl groups excluding tert-OH is 1. The Morgan fingerprint density at radius 1 is 1.19 bits per heavy atom. The summed E-state index contributed by atoms with van der Waals surface area (Å²) in [6.07, 6.45) is 5.80. The number of carboxylic acids is 1. The van der Waals surface area contributed by atoms with Crippen molar-refractivity contribution >= 4 is 5.97 Å². The zero-order chi connectivity index (χ0) is 15.1. The van der Waals surface area contributed by atoms with Gasteiger partial charge >= 0.3 is 5.97 Å². The minimum Gasteiger partial charge on any atom is -0.481 e. The van der Waals surface area contributed by atoms with Gasteiger partial charge in [-0.25, -0.2) is 0 Å². The molecule has 1 aromatic rings. The first-order valence-corrected chi connectivity index (χ1v) is 7.87. The summed E-state index contributed by atoms with van der Waals surface area (Å²) in [7, 11) is 0. The fourth-order valence-corrected chi connectivity index (χ4v) is 3.07. The third kappa shape index (κ3) is 5.14. The Balaban J connectivity index is 2.01. The van der Waals surface area contributed by atoms with E-state index in [1.807, 2.05) is 30.3 Å². The van der Waals surface area contributed by atoms with Gasteiger partial charge in [0, 0.05) is 18.5 Å². The molecular weight excluding hydrogens is 266 g/mol. The maximum absolute atomic E-state index is 10.8. The van der Waals surface area contributed by atoms with Crippen LogP contribution in [0.25, 0.3) is 0 Å². The lowest BCUT2D eigenvalue weighted by Gasteiger charge is -2.31. The molecule has 3 N–H and O–H groups in total. The van der Waals surface area contributed by atoms with Gasteiger partial charge in [0.15, 0.2) is 0 Å². The van der Waals surface area contributed by atoms with Gasteiger partial charge in [-0.15, -0.1) is 0 Å². The van der Waals surface area contributed by atoms with Crippen molar-refractivity contribution in [1.29, 1.82) is 0 Å². The van der Waals surface area contributed by atoms with E-state index in [0.717, 1.165) is 18.4 Å². The largest absolute Gasteiger partial charge is 0.481 e. The molecule has 2 atom stereocenters. The van der Waals surface area contributed by atoms with Crippen molar-refractivity contribution in [1.82, 2.24) is 5.32 Å². The second kappa shape index (κ2) is 8.15. The fraction of sp³-hybridized carbons (Fsp3) is 0.588. The lowest BCUT2D eigenvalue weighted by atomic mass is 9.92. The summed E-state index contributed by atoms with van der Waals surface area (Å²) >= 11 is 0. The van der Waals surface area contributed by atoms with Gasteiger partial charge in [-0.05, 0) is 24.8 Å². The molecule has 1 aliphatic carbocycles. The van der Waals surface area contributed by atoms with Crippen molar-refractivity contribution in [3.05, 3.63) is 35.9 Å². The number of aliphatic hydroxyl groups is 1. The predicted octanol–water partition coefficient (Wildman–Crippen LogP) is 2.88. The molecule has 4 nitrogen and oxygen atoms in total. The first-order valence-electron chi connectivity index (χ1n) is 7.87. The summed E-state index contributed by atoms with van der Waals surface area (Å²) in [6.45, 7) is 0. The highest BCUT2D eigenvalue weighted by Gasteiger charge is 2.25. The zero-order valence-corrected chi connectivity index (χ0v) is 12.4. The molecule has 2 unspecified atom stereocenters. The molecule has 4 heteroatoms. The first kappa shape index (κ1) is 16.0. The van der Waals surface area contributed by atoms with Crippen LogP contribution >= 0.6 is 0 Å². The molecule has 0 aromatic heterocycles. The molecule has 0 amide bonds. The Morgan fingerprint density at radius 3 is 2.48 bits per heavy atom. The number of rotatable bonds is 7. The quantitative estimate of drug-likeness (QED) is 0.722. The summed E-state index contributed by atoms with van der Waals surface area (Å²) in [5.41, 5.74) is 0.844. The minimum absolute atomic E-state index is 0.0777. The van der Waals surface area contributed by atoms with Gasteiger partial charge in [0.05, 0.1) is 6.10 Å². The van der Waals surface area contributed by atoms with Gasteiger partial charge < -0.3 is 15.5 Å². The van der Waals surface area contributed by atoms with Gasteiger partial charge in [-0.2, -0.15) is 0 Å². The first-order chi connectivity index (χ1) is 10.2. The fourth-order valence-electron chi connectivity index (χ4n) is 3.07. The summed E-state index contributed by atoms with van der Waals surface area (Å²) in [6, 6.07) is 9.68. The SMILES string of the molecule is O=C(O)CCC(NC1CCCCC1)C(O)c1ccccc1. The monoisotopic (exact) mass is 291 g/mol. The van der Waals surface area contributed by atoms with E-state index in [-0.39, 0.29) is 12.5 Å². The number of carboxylic acid groups (broad SMARTS) is 1. The van der Waals surface area contributed by atoms with Crippen LogP contribution in [0.2, 0.25) is 0 Å². The maximum Gasteiger partial charge on any atom is 0.303 e. The van der Waals surface area contributed by atoms with Crippen molar-refractivity contribution in [2.45, 2.75) is 63.1 Å². The van der Waals surface area contributed by atoms with E-state index < -0.39 is 12.1 Å². The van der Waals surface area contributed by atoms with Crippen LogP contribution in [0.3, 0.4) is 0 Å². The molecule has 0 bridgehead atoms. The van der Waals surface area contributed by atoms with Gasteiger partial charge in [-0.1, -0.05) is 49.6 Å². The van der Waals surface area contributed by atoms with E-state index in [9.17, 15) is 9.90 Å². The Hall–Kier alpha value is -1.39. The highest BCUT2D eigenvalue weighted by Crippen LogP contribution is 2.24. The van der Waals surface area contributed by atoms with Crippen LogP contribution in [0, 0.1) is 0 Å². The second-order valence-corrected chi connectivity index (χ2v) is 5.90. The summed E-state index contributed by atoms with van der Waals surface area (Å²) in [4.78, 5) is 10.8. The van der Waals surface area contributed by atoms with Crippen molar-refractivity contribution in [3.8, 4) is 0 Å². The second-order valence-electron chi connectivity index (χ2n) is 5.90. The molecular formula is C17H25NO3. The standard InChI is InChI=1S/C17H25NO3/c19-16(20)12-11-15(18-14-9-5-2-6-10-14)17(21)13-7-3-1-4-8-13/h1,3-4,7-8,14-15,17-18,21H,2,5-6,9-12H2,(H,19,20). The lowest BCUT2D eigenvalue weighted by Crippen LogP contribution is -2.43. The minimum atomic E-state index is -0.814. The molecule has 21 heavy (non-hydrogen) atoms. The molecule has 116 valence electrons. The molecule has 0 spiro atoms. The van der Waals surface area contributed by atoms with Crippen LogP contribution in [-0.2, 0) is 4.79 Å². The van der Waals surface area contributed by atoms with Crippen LogP contribution in [0.4, 0.5) is 0 Å². The molecule has 0 saturated heterocycles. The van der Waals surface area contributed by atoms with Gasteiger partial charge in [-0.3, -0.25) is 4.79 Å². The molecule has 1 aromatic carbocycles. The summed E-state index contributed by atoms with van der Waals surface area (Å²) < 4.78 is 0. The van der Waals surface area contributed by atoms with Crippen LogP contribution in [0.15, 0.2) is 30.3 Å². The van der Waals surface area contributed by atoms with E-state index in [1.165, 1.54) is 19.3 Å². The third-order valence-electron chi connectivity index (χ3n) is 4.25. The lowest BCUT2D eigenvalue weighted by molar-refractivity contribution is -0.137. The van der Waals surface area contributed by atoms with E-state index in [2.05, 4.69) is 5.32 Å². The molecule has 0 heterocycles. The molecule has 1 saturated carbocycles. The van der Waals surface area contributed by atoms with Gasteiger partial charge in [0.2, 0.25) is 0 Å². The number of nitrogens with one attached hydrogen (secondary N) is 1. The summed E-state index contributed by atoms with van der Waals surface area (Å²) in [5.74, 6) is -0.814. The number of benzene rings is 1. The zero-order valence-electron chi connectivity index (χ0n) is 12.4. The molecule has 0 aliphatic heterocycles. The normalized spacial score (nSPS) is 19.1. The Bertz CT molecular complexity index is 429. The Morgan fingerprint density at radius 2 is 1.86 bits per heavy atom. The molecule has 1 fully saturated rings. The smallest absolute Gasteiger partial charge is 0.303 e. The van der Waals surface area contributed by atoms with Crippen molar-refractivity contribution in [3.63, 3.8) is 0 Å².